The Balaban J connectivity index is 2.35. The van der Waals surface area contributed by atoms with Crippen LogP contribution in [-0.4, -0.2) is 15.1 Å². The van der Waals surface area contributed by atoms with E-state index < -0.39 is 4.92 Å². The van der Waals surface area contributed by atoms with E-state index in [1.54, 1.807) is 0 Å². The number of nitro benzene ring substituents is 1. The summed E-state index contributed by atoms with van der Waals surface area (Å²) in [6.07, 6.45) is 0. The van der Waals surface area contributed by atoms with Crippen molar-refractivity contribution in [1.82, 2.24) is 10.2 Å². The van der Waals surface area contributed by atoms with Crippen LogP contribution < -0.4 is 4.74 Å². The fourth-order valence-corrected chi connectivity index (χ4v) is 2.64. The molecule has 0 aliphatic heterocycles. The minimum absolute atomic E-state index is 0.0618. The van der Waals surface area contributed by atoms with Crippen LogP contribution in [0.4, 0.5) is 5.69 Å². The average molecular weight is 409 g/mol. The van der Waals surface area contributed by atoms with Crippen molar-refractivity contribution in [1.29, 1.82) is 0 Å². The van der Waals surface area contributed by atoms with Crippen molar-refractivity contribution < 1.29 is 9.66 Å². The van der Waals surface area contributed by atoms with Gasteiger partial charge >= 0.3 is 0 Å². The predicted octanol–water partition coefficient (Wildman–Crippen LogP) is 4.36. The first kappa shape index (κ1) is 14.2. The van der Waals surface area contributed by atoms with Crippen molar-refractivity contribution in [3.05, 3.63) is 48.5 Å². The van der Waals surface area contributed by atoms with Crippen LogP contribution in [0.3, 0.4) is 0 Å². The van der Waals surface area contributed by atoms with E-state index in [-0.39, 0.29) is 16.7 Å². The smallest absolute Gasteiger partial charge is 0.271 e. The summed E-state index contributed by atoms with van der Waals surface area (Å²) >= 11 is 12.0. The van der Waals surface area contributed by atoms with Gasteiger partial charge in [-0.25, -0.2) is 0 Å². The van der Waals surface area contributed by atoms with Gasteiger partial charge in [-0.3, -0.25) is 10.1 Å². The first-order valence-corrected chi connectivity index (χ1v) is 6.74. The summed E-state index contributed by atoms with van der Waals surface area (Å²) in [5.74, 6) is 0.585. The van der Waals surface area contributed by atoms with Gasteiger partial charge in [-0.05, 0) is 37.9 Å². The standard InChI is InChI=1S/C10H4Br2ClN3O3/c11-6-3-5(16(17)18)4-7(12)10(6)19-9-2-1-8(13)14-15-9/h1-4H. The van der Waals surface area contributed by atoms with Gasteiger partial charge in [0.1, 0.15) is 0 Å². The molecule has 0 unspecified atom stereocenters. The molecule has 0 bridgehead atoms. The fraction of sp³-hybridized carbons (Fsp3) is 0. The molecule has 0 aliphatic rings. The molecule has 0 saturated heterocycles. The number of halogens is 3. The molecule has 0 saturated carbocycles. The molecule has 2 rings (SSSR count). The fourth-order valence-electron chi connectivity index (χ4n) is 1.21. The number of ether oxygens (including phenoxy) is 1. The van der Waals surface area contributed by atoms with Crippen LogP contribution in [0.2, 0.25) is 5.15 Å². The molecular formula is C10H4Br2ClN3O3. The summed E-state index contributed by atoms with van der Waals surface area (Å²) in [5.41, 5.74) is -0.0618. The van der Waals surface area contributed by atoms with Crippen LogP contribution in [0.5, 0.6) is 11.6 Å². The monoisotopic (exact) mass is 407 g/mol. The van der Waals surface area contributed by atoms with Crippen molar-refractivity contribution in [3.8, 4) is 11.6 Å². The minimum atomic E-state index is -0.499. The zero-order valence-corrected chi connectivity index (χ0v) is 12.9. The van der Waals surface area contributed by atoms with Crippen LogP contribution in [0.1, 0.15) is 0 Å². The number of non-ortho nitro benzene ring substituents is 1. The molecular weight excluding hydrogens is 405 g/mol. The zero-order chi connectivity index (χ0) is 14.0. The molecule has 98 valence electrons. The summed E-state index contributed by atoms with van der Waals surface area (Å²) in [4.78, 5) is 10.2. The van der Waals surface area contributed by atoms with Gasteiger partial charge in [0.15, 0.2) is 10.9 Å². The summed E-state index contributed by atoms with van der Waals surface area (Å²) in [6.45, 7) is 0. The molecule has 0 fully saturated rings. The molecule has 0 atom stereocenters. The maximum Gasteiger partial charge on any atom is 0.271 e. The van der Waals surface area contributed by atoms with Crippen molar-refractivity contribution in [2.24, 2.45) is 0 Å². The summed E-state index contributed by atoms with van der Waals surface area (Å²) in [5, 5.41) is 18.3. The van der Waals surface area contributed by atoms with E-state index in [0.29, 0.717) is 14.7 Å². The number of nitro groups is 1. The predicted molar refractivity (Wildman–Crippen MR) is 75.6 cm³/mol. The molecule has 0 N–H and O–H groups in total. The number of hydrogen-bond donors (Lipinski definition) is 0. The van der Waals surface area contributed by atoms with Gasteiger partial charge in [0.25, 0.3) is 5.69 Å². The number of aromatic nitrogens is 2. The molecule has 0 aliphatic carbocycles. The molecule has 0 amide bonds. The summed E-state index contributed by atoms with van der Waals surface area (Å²) in [6, 6.07) is 5.74. The van der Waals surface area contributed by atoms with Crippen molar-refractivity contribution in [2.75, 3.05) is 0 Å². The second-order valence-electron chi connectivity index (χ2n) is 3.29. The maximum atomic E-state index is 10.7. The topological polar surface area (TPSA) is 78.2 Å². The lowest BCUT2D eigenvalue weighted by atomic mass is 10.3. The molecule has 1 aromatic carbocycles. The Morgan fingerprint density at radius 3 is 2.32 bits per heavy atom. The van der Waals surface area contributed by atoms with Crippen molar-refractivity contribution in [3.63, 3.8) is 0 Å². The van der Waals surface area contributed by atoms with E-state index in [1.807, 2.05) is 0 Å². The van der Waals surface area contributed by atoms with Gasteiger partial charge in [-0.1, -0.05) is 11.6 Å². The van der Waals surface area contributed by atoms with E-state index in [0.717, 1.165) is 0 Å². The van der Waals surface area contributed by atoms with Crippen LogP contribution >= 0.6 is 43.5 Å². The van der Waals surface area contributed by atoms with Gasteiger partial charge in [0, 0.05) is 18.2 Å². The Bertz CT molecular complexity index is 613. The molecule has 2 aromatic rings. The highest BCUT2D eigenvalue weighted by Crippen LogP contribution is 2.39. The number of hydrogen-bond acceptors (Lipinski definition) is 5. The van der Waals surface area contributed by atoms with Gasteiger partial charge in [-0.15, -0.1) is 10.2 Å². The van der Waals surface area contributed by atoms with Crippen LogP contribution in [0.15, 0.2) is 33.2 Å². The summed E-state index contributed by atoms with van der Waals surface area (Å²) < 4.78 is 6.32. The van der Waals surface area contributed by atoms with Crippen molar-refractivity contribution in [2.45, 2.75) is 0 Å². The lowest BCUT2D eigenvalue weighted by molar-refractivity contribution is -0.385. The molecule has 19 heavy (non-hydrogen) atoms. The highest BCUT2D eigenvalue weighted by atomic mass is 79.9. The number of benzene rings is 1. The Morgan fingerprint density at radius 2 is 1.84 bits per heavy atom. The van der Waals surface area contributed by atoms with E-state index >= 15 is 0 Å². The molecule has 0 radical (unpaired) electrons. The van der Waals surface area contributed by atoms with Gasteiger partial charge in [0.2, 0.25) is 5.88 Å². The van der Waals surface area contributed by atoms with Crippen LogP contribution in [0.25, 0.3) is 0 Å². The number of nitrogens with zero attached hydrogens (tertiary/aromatic N) is 3. The number of rotatable bonds is 3. The SMILES string of the molecule is O=[N+]([O-])c1cc(Br)c(Oc2ccc(Cl)nn2)c(Br)c1. The Morgan fingerprint density at radius 1 is 1.21 bits per heavy atom. The lowest BCUT2D eigenvalue weighted by Crippen LogP contribution is -1.94. The third kappa shape index (κ3) is 3.40. The van der Waals surface area contributed by atoms with Crippen molar-refractivity contribution >= 4 is 49.1 Å². The second kappa shape index (κ2) is 5.81. The third-order valence-electron chi connectivity index (χ3n) is 2.01. The Labute approximate surface area is 129 Å². The highest BCUT2D eigenvalue weighted by molar-refractivity contribution is 9.11. The second-order valence-corrected chi connectivity index (χ2v) is 5.39. The first-order valence-electron chi connectivity index (χ1n) is 4.78. The average Bonchev–Trinajstić information content (AvgIpc) is 2.35. The molecule has 1 heterocycles. The maximum absolute atomic E-state index is 10.7. The lowest BCUT2D eigenvalue weighted by Gasteiger charge is -2.08. The molecule has 0 spiro atoms. The Hall–Kier alpha value is -1.25. The van der Waals surface area contributed by atoms with Gasteiger partial charge < -0.3 is 4.74 Å². The van der Waals surface area contributed by atoms with Gasteiger partial charge in [0.05, 0.1) is 13.9 Å². The van der Waals surface area contributed by atoms with Crippen LogP contribution in [-0.2, 0) is 0 Å². The van der Waals surface area contributed by atoms with E-state index in [9.17, 15) is 10.1 Å². The first-order chi connectivity index (χ1) is 8.97. The minimum Gasteiger partial charge on any atom is -0.435 e. The van der Waals surface area contributed by atoms with E-state index in [4.69, 9.17) is 16.3 Å². The highest BCUT2D eigenvalue weighted by Gasteiger charge is 2.16. The van der Waals surface area contributed by atoms with Crippen LogP contribution in [0, 0.1) is 10.1 Å². The normalized spacial score (nSPS) is 10.3. The van der Waals surface area contributed by atoms with E-state index in [2.05, 4.69) is 42.1 Å². The van der Waals surface area contributed by atoms with Gasteiger partial charge in [-0.2, -0.15) is 0 Å². The quantitative estimate of drug-likeness (QED) is 0.556. The Kier molecular flexibility index (Phi) is 4.33. The third-order valence-corrected chi connectivity index (χ3v) is 3.39. The largest absolute Gasteiger partial charge is 0.435 e. The van der Waals surface area contributed by atoms with E-state index in [1.165, 1.54) is 24.3 Å². The molecule has 1 aromatic heterocycles. The molecule has 6 nitrogen and oxygen atoms in total. The zero-order valence-electron chi connectivity index (χ0n) is 9.01. The molecule has 9 heteroatoms. The summed E-state index contributed by atoms with van der Waals surface area (Å²) in [7, 11) is 0.